The van der Waals surface area contributed by atoms with Crippen LogP contribution in [0.5, 0.6) is 0 Å². The van der Waals surface area contributed by atoms with Gasteiger partial charge in [-0.1, -0.05) is 6.07 Å². The Hall–Kier alpha value is -2.50. The van der Waals surface area contributed by atoms with Crippen molar-refractivity contribution in [2.45, 2.75) is 19.9 Å². The van der Waals surface area contributed by atoms with Gasteiger partial charge in [-0.15, -0.1) is 0 Å². The Balaban J connectivity index is 1.88. The maximum Gasteiger partial charge on any atom is 0.354 e. The fourth-order valence-corrected chi connectivity index (χ4v) is 2.33. The maximum atomic E-state index is 11.0. The molecule has 20 heavy (non-hydrogen) atoms. The maximum absolute atomic E-state index is 11.0. The number of carboxylic acids is 1. The molecule has 2 aromatic heterocycles. The predicted octanol–water partition coefficient (Wildman–Crippen LogP) is 1.44. The summed E-state index contributed by atoms with van der Waals surface area (Å²) in [5.74, 6) is 0.447. The van der Waals surface area contributed by atoms with E-state index in [1.807, 2.05) is 24.1 Å². The summed E-state index contributed by atoms with van der Waals surface area (Å²) < 4.78 is 0. The lowest BCUT2D eigenvalue weighted by atomic mass is 10.1. The van der Waals surface area contributed by atoms with Crippen molar-refractivity contribution in [2.24, 2.45) is 0 Å². The second-order valence-corrected chi connectivity index (χ2v) is 4.75. The molecule has 0 spiro atoms. The van der Waals surface area contributed by atoms with Gasteiger partial charge in [0.1, 0.15) is 11.6 Å². The Morgan fingerprint density at radius 3 is 3.00 bits per heavy atom. The minimum Gasteiger partial charge on any atom is -0.477 e. The molecule has 0 aromatic carbocycles. The van der Waals surface area contributed by atoms with Crippen molar-refractivity contribution in [1.82, 2.24) is 15.0 Å². The number of carbonyl (C=O) groups is 1. The van der Waals surface area contributed by atoms with E-state index in [0.29, 0.717) is 12.4 Å². The van der Waals surface area contributed by atoms with Crippen molar-refractivity contribution in [3.63, 3.8) is 0 Å². The van der Waals surface area contributed by atoms with Gasteiger partial charge in [0.25, 0.3) is 0 Å². The number of fused-ring (bicyclic) bond motifs is 1. The zero-order valence-electron chi connectivity index (χ0n) is 11.1. The van der Waals surface area contributed by atoms with Crippen LogP contribution in [0, 0.1) is 6.92 Å². The predicted molar refractivity (Wildman–Crippen MR) is 72.7 cm³/mol. The summed E-state index contributed by atoms with van der Waals surface area (Å²) in [5, 5.41) is 8.99. The first-order valence-electron chi connectivity index (χ1n) is 6.40. The minimum atomic E-state index is -1.01. The fourth-order valence-electron chi connectivity index (χ4n) is 2.33. The van der Waals surface area contributed by atoms with Crippen LogP contribution in [0.15, 0.2) is 24.4 Å². The number of aromatic nitrogens is 3. The Morgan fingerprint density at radius 1 is 1.35 bits per heavy atom. The van der Waals surface area contributed by atoms with Gasteiger partial charge in [0.15, 0.2) is 5.69 Å². The molecule has 0 saturated carbocycles. The molecule has 3 heterocycles. The van der Waals surface area contributed by atoms with Gasteiger partial charge in [0.2, 0.25) is 0 Å². The van der Waals surface area contributed by atoms with Gasteiger partial charge in [-0.25, -0.2) is 19.7 Å². The first-order chi connectivity index (χ1) is 9.63. The molecule has 0 atom stereocenters. The number of aromatic carboxylic acids is 1. The van der Waals surface area contributed by atoms with E-state index in [-0.39, 0.29) is 5.69 Å². The smallest absolute Gasteiger partial charge is 0.354 e. The highest BCUT2D eigenvalue weighted by atomic mass is 16.4. The third-order valence-corrected chi connectivity index (χ3v) is 3.33. The van der Waals surface area contributed by atoms with Crippen molar-refractivity contribution in [3.05, 3.63) is 47.2 Å². The molecule has 102 valence electrons. The number of aryl methyl sites for hydroxylation is 1. The van der Waals surface area contributed by atoms with Crippen molar-refractivity contribution in [3.8, 4) is 0 Å². The third kappa shape index (κ3) is 2.32. The molecule has 3 rings (SSSR count). The van der Waals surface area contributed by atoms with Crippen LogP contribution in [-0.4, -0.2) is 32.6 Å². The van der Waals surface area contributed by atoms with Gasteiger partial charge in [0.05, 0.1) is 5.69 Å². The van der Waals surface area contributed by atoms with Crippen LogP contribution in [0.1, 0.15) is 27.6 Å². The molecule has 0 bridgehead atoms. The van der Waals surface area contributed by atoms with Gasteiger partial charge >= 0.3 is 5.97 Å². The van der Waals surface area contributed by atoms with E-state index >= 15 is 0 Å². The van der Waals surface area contributed by atoms with E-state index < -0.39 is 5.97 Å². The van der Waals surface area contributed by atoms with Crippen LogP contribution in [0.4, 0.5) is 5.82 Å². The van der Waals surface area contributed by atoms with Crippen molar-refractivity contribution in [1.29, 1.82) is 0 Å². The number of rotatable bonds is 2. The Morgan fingerprint density at radius 2 is 2.20 bits per heavy atom. The van der Waals surface area contributed by atoms with E-state index in [1.54, 1.807) is 6.07 Å². The molecule has 0 radical (unpaired) electrons. The number of hydrogen-bond acceptors (Lipinski definition) is 5. The van der Waals surface area contributed by atoms with Gasteiger partial charge in [-0.3, -0.25) is 0 Å². The van der Waals surface area contributed by atoms with Gasteiger partial charge in [-0.2, -0.15) is 0 Å². The molecule has 0 fully saturated rings. The van der Waals surface area contributed by atoms with Crippen LogP contribution in [-0.2, 0) is 13.0 Å². The molecule has 6 heteroatoms. The molecule has 1 N–H and O–H groups in total. The van der Waals surface area contributed by atoms with E-state index in [2.05, 4.69) is 15.0 Å². The molecule has 0 unspecified atom stereocenters. The average Bonchev–Trinajstić information content (AvgIpc) is 2.47. The number of anilines is 1. The van der Waals surface area contributed by atoms with Crippen LogP contribution in [0.3, 0.4) is 0 Å². The SMILES string of the molecule is Cc1ncc2c(n1)CCN(c1cccc(C(=O)O)n1)C2. The van der Waals surface area contributed by atoms with Crippen molar-refractivity contribution >= 4 is 11.8 Å². The Labute approximate surface area is 116 Å². The van der Waals surface area contributed by atoms with Crippen molar-refractivity contribution < 1.29 is 9.90 Å². The molecular weight excluding hydrogens is 256 g/mol. The Kier molecular flexibility index (Phi) is 3.06. The second-order valence-electron chi connectivity index (χ2n) is 4.75. The lowest BCUT2D eigenvalue weighted by Gasteiger charge is -2.29. The highest BCUT2D eigenvalue weighted by molar-refractivity contribution is 5.85. The molecular formula is C14H14N4O2. The summed E-state index contributed by atoms with van der Waals surface area (Å²) in [6.07, 6.45) is 2.66. The zero-order chi connectivity index (χ0) is 14.1. The van der Waals surface area contributed by atoms with Gasteiger partial charge in [0, 0.05) is 31.3 Å². The van der Waals surface area contributed by atoms with E-state index in [4.69, 9.17) is 5.11 Å². The van der Waals surface area contributed by atoms with Crippen LogP contribution in [0.2, 0.25) is 0 Å². The number of carboxylic acid groups (broad SMARTS) is 1. The quantitative estimate of drug-likeness (QED) is 0.889. The second kappa shape index (κ2) is 4.88. The molecule has 2 aromatic rings. The van der Waals surface area contributed by atoms with E-state index in [1.165, 1.54) is 6.07 Å². The van der Waals surface area contributed by atoms with Crippen LogP contribution < -0.4 is 4.90 Å². The molecule has 0 saturated heterocycles. The molecule has 0 amide bonds. The van der Waals surface area contributed by atoms with E-state index in [0.717, 1.165) is 30.0 Å². The lowest BCUT2D eigenvalue weighted by Crippen LogP contribution is -2.32. The summed E-state index contributed by atoms with van der Waals surface area (Å²) in [6.45, 7) is 3.32. The molecule has 1 aliphatic heterocycles. The summed E-state index contributed by atoms with van der Waals surface area (Å²) >= 11 is 0. The minimum absolute atomic E-state index is 0.0634. The lowest BCUT2D eigenvalue weighted by molar-refractivity contribution is 0.0690. The highest BCUT2D eigenvalue weighted by Gasteiger charge is 2.19. The molecule has 6 nitrogen and oxygen atoms in total. The summed E-state index contributed by atoms with van der Waals surface area (Å²) in [4.78, 5) is 25.8. The first-order valence-corrected chi connectivity index (χ1v) is 6.40. The largest absolute Gasteiger partial charge is 0.477 e. The summed E-state index contributed by atoms with van der Waals surface area (Å²) in [6, 6.07) is 5.04. The fraction of sp³-hybridized carbons (Fsp3) is 0.286. The average molecular weight is 270 g/mol. The van der Waals surface area contributed by atoms with Crippen molar-refractivity contribution in [2.75, 3.05) is 11.4 Å². The standard InChI is InChI=1S/C14H14N4O2/c1-9-15-7-10-8-18(6-5-11(10)16-9)13-4-2-3-12(17-13)14(19)20/h2-4,7H,5-6,8H2,1H3,(H,19,20). The summed E-state index contributed by atoms with van der Waals surface area (Å²) in [7, 11) is 0. The van der Waals surface area contributed by atoms with Gasteiger partial charge < -0.3 is 10.0 Å². The highest BCUT2D eigenvalue weighted by Crippen LogP contribution is 2.21. The first kappa shape index (κ1) is 12.5. The normalized spacial score (nSPS) is 13.9. The van der Waals surface area contributed by atoms with Crippen LogP contribution >= 0.6 is 0 Å². The monoisotopic (exact) mass is 270 g/mol. The Bertz CT molecular complexity index is 672. The topological polar surface area (TPSA) is 79.2 Å². The van der Waals surface area contributed by atoms with Gasteiger partial charge in [-0.05, 0) is 19.1 Å². The molecule has 0 aliphatic carbocycles. The molecule has 1 aliphatic rings. The summed E-state index contributed by atoms with van der Waals surface area (Å²) in [5.41, 5.74) is 2.21. The number of nitrogens with zero attached hydrogens (tertiary/aromatic N) is 4. The zero-order valence-corrected chi connectivity index (χ0v) is 11.1. The number of hydrogen-bond donors (Lipinski definition) is 1. The number of pyridine rings is 1. The van der Waals surface area contributed by atoms with E-state index in [9.17, 15) is 4.79 Å². The van der Waals surface area contributed by atoms with Crippen LogP contribution in [0.25, 0.3) is 0 Å². The third-order valence-electron chi connectivity index (χ3n) is 3.33.